The minimum Gasteiger partial charge on any atom is -0.356 e. The van der Waals surface area contributed by atoms with Crippen LogP contribution in [0.2, 0.25) is 5.02 Å². The van der Waals surface area contributed by atoms with E-state index in [0.29, 0.717) is 45.8 Å². The first kappa shape index (κ1) is 17.8. The SMILES string of the molecule is CC(=O)NCCSc1nc2ccc(Cl)cc2c(=O)n1CC(C)C. The van der Waals surface area contributed by atoms with Crippen molar-refractivity contribution >= 4 is 40.2 Å². The highest BCUT2D eigenvalue weighted by Crippen LogP contribution is 2.20. The summed E-state index contributed by atoms with van der Waals surface area (Å²) in [5.41, 5.74) is 0.565. The summed E-state index contributed by atoms with van der Waals surface area (Å²) < 4.78 is 1.70. The molecule has 1 aromatic carbocycles. The van der Waals surface area contributed by atoms with Crippen molar-refractivity contribution in [2.75, 3.05) is 12.3 Å². The summed E-state index contributed by atoms with van der Waals surface area (Å²) in [7, 11) is 0. The molecule has 1 heterocycles. The van der Waals surface area contributed by atoms with Crippen LogP contribution in [-0.4, -0.2) is 27.8 Å². The Morgan fingerprint density at radius 2 is 2.17 bits per heavy atom. The van der Waals surface area contributed by atoms with Crippen LogP contribution in [0, 0.1) is 5.92 Å². The van der Waals surface area contributed by atoms with Crippen LogP contribution in [0.5, 0.6) is 0 Å². The summed E-state index contributed by atoms with van der Waals surface area (Å²) in [4.78, 5) is 28.3. The number of fused-ring (bicyclic) bond motifs is 1. The Hall–Kier alpha value is -1.53. The van der Waals surface area contributed by atoms with E-state index in [1.165, 1.54) is 18.7 Å². The molecule has 2 aromatic rings. The molecule has 23 heavy (non-hydrogen) atoms. The second kappa shape index (κ2) is 7.84. The van der Waals surface area contributed by atoms with E-state index in [2.05, 4.69) is 24.1 Å². The Morgan fingerprint density at radius 3 is 2.83 bits per heavy atom. The number of carbonyl (C=O) groups is 1. The van der Waals surface area contributed by atoms with Gasteiger partial charge in [-0.05, 0) is 24.1 Å². The molecule has 0 radical (unpaired) electrons. The van der Waals surface area contributed by atoms with Gasteiger partial charge in [0.15, 0.2) is 5.16 Å². The van der Waals surface area contributed by atoms with Crippen LogP contribution in [-0.2, 0) is 11.3 Å². The van der Waals surface area contributed by atoms with Crippen LogP contribution in [0.1, 0.15) is 20.8 Å². The molecule has 0 saturated carbocycles. The molecule has 5 nitrogen and oxygen atoms in total. The summed E-state index contributed by atoms with van der Waals surface area (Å²) in [6, 6.07) is 5.15. The predicted molar refractivity (Wildman–Crippen MR) is 95.3 cm³/mol. The number of nitrogens with one attached hydrogen (secondary N) is 1. The Balaban J connectivity index is 2.38. The second-order valence-electron chi connectivity index (χ2n) is 5.70. The summed E-state index contributed by atoms with van der Waals surface area (Å²) >= 11 is 7.47. The Labute approximate surface area is 144 Å². The molecule has 0 aliphatic rings. The van der Waals surface area contributed by atoms with E-state index in [1.54, 1.807) is 22.8 Å². The zero-order chi connectivity index (χ0) is 17.0. The summed E-state index contributed by atoms with van der Waals surface area (Å²) in [5, 5.41) is 4.47. The van der Waals surface area contributed by atoms with Gasteiger partial charge in [-0.15, -0.1) is 0 Å². The van der Waals surface area contributed by atoms with Crippen molar-refractivity contribution in [1.82, 2.24) is 14.9 Å². The standard InChI is InChI=1S/C16H20ClN3O2S/c1-10(2)9-20-15(22)13-8-12(17)4-5-14(13)19-16(20)23-7-6-18-11(3)21/h4-5,8,10H,6-7,9H2,1-3H3,(H,18,21). The normalized spacial score (nSPS) is 11.2. The maximum atomic E-state index is 12.8. The first-order valence-electron chi connectivity index (χ1n) is 7.46. The number of halogens is 1. The van der Waals surface area contributed by atoms with Crippen LogP contribution >= 0.6 is 23.4 Å². The van der Waals surface area contributed by atoms with Gasteiger partial charge in [-0.3, -0.25) is 14.2 Å². The molecule has 0 saturated heterocycles. The van der Waals surface area contributed by atoms with Crippen LogP contribution in [0.25, 0.3) is 10.9 Å². The van der Waals surface area contributed by atoms with Gasteiger partial charge in [-0.1, -0.05) is 37.2 Å². The molecule has 0 spiro atoms. The maximum absolute atomic E-state index is 12.8. The van der Waals surface area contributed by atoms with Gasteiger partial charge in [0, 0.05) is 30.8 Å². The highest BCUT2D eigenvalue weighted by molar-refractivity contribution is 7.99. The number of amides is 1. The lowest BCUT2D eigenvalue weighted by atomic mass is 10.2. The van der Waals surface area contributed by atoms with Crippen LogP contribution in [0.15, 0.2) is 28.2 Å². The molecule has 0 fully saturated rings. The van der Waals surface area contributed by atoms with Crippen LogP contribution in [0.3, 0.4) is 0 Å². The van der Waals surface area contributed by atoms with Crippen molar-refractivity contribution in [3.8, 4) is 0 Å². The number of aromatic nitrogens is 2. The van der Waals surface area contributed by atoms with E-state index in [-0.39, 0.29) is 11.5 Å². The zero-order valence-electron chi connectivity index (χ0n) is 13.4. The fourth-order valence-electron chi connectivity index (χ4n) is 2.18. The van der Waals surface area contributed by atoms with Gasteiger partial charge < -0.3 is 5.32 Å². The molecule has 1 N–H and O–H groups in total. The van der Waals surface area contributed by atoms with Crippen molar-refractivity contribution in [3.05, 3.63) is 33.6 Å². The van der Waals surface area contributed by atoms with E-state index in [1.807, 2.05) is 0 Å². The van der Waals surface area contributed by atoms with Gasteiger partial charge in [0.1, 0.15) is 0 Å². The summed E-state index contributed by atoms with van der Waals surface area (Å²) in [6.45, 7) is 6.73. The molecular formula is C16H20ClN3O2S. The van der Waals surface area contributed by atoms with E-state index in [9.17, 15) is 9.59 Å². The molecule has 0 bridgehead atoms. The van der Waals surface area contributed by atoms with E-state index < -0.39 is 0 Å². The van der Waals surface area contributed by atoms with Gasteiger partial charge in [0.2, 0.25) is 5.91 Å². The molecular weight excluding hydrogens is 334 g/mol. The summed E-state index contributed by atoms with van der Waals surface area (Å²) in [6.07, 6.45) is 0. The number of benzene rings is 1. The van der Waals surface area contributed by atoms with Crippen molar-refractivity contribution in [2.45, 2.75) is 32.5 Å². The lowest BCUT2D eigenvalue weighted by Crippen LogP contribution is -2.26. The van der Waals surface area contributed by atoms with Crippen molar-refractivity contribution < 1.29 is 4.79 Å². The number of carbonyl (C=O) groups excluding carboxylic acids is 1. The maximum Gasteiger partial charge on any atom is 0.262 e. The number of hydrogen-bond donors (Lipinski definition) is 1. The highest BCUT2D eigenvalue weighted by Gasteiger charge is 2.13. The molecule has 0 aliphatic carbocycles. The van der Waals surface area contributed by atoms with Crippen LogP contribution < -0.4 is 10.9 Å². The van der Waals surface area contributed by atoms with Gasteiger partial charge in [0.05, 0.1) is 10.9 Å². The average Bonchev–Trinajstić information content (AvgIpc) is 2.47. The smallest absolute Gasteiger partial charge is 0.262 e. The first-order valence-corrected chi connectivity index (χ1v) is 8.82. The Bertz CT molecular complexity index is 774. The Kier molecular flexibility index (Phi) is 6.07. The second-order valence-corrected chi connectivity index (χ2v) is 7.20. The first-order chi connectivity index (χ1) is 10.9. The third kappa shape index (κ3) is 4.72. The number of rotatable bonds is 6. The number of thioether (sulfide) groups is 1. The summed E-state index contributed by atoms with van der Waals surface area (Å²) in [5.74, 6) is 0.913. The molecule has 1 amide bonds. The van der Waals surface area contributed by atoms with Crippen molar-refractivity contribution in [2.24, 2.45) is 5.92 Å². The lowest BCUT2D eigenvalue weighted by molar-refractivity contribution is -0.118. The average molecular weight is 354 g/mol. The third-order valence-electron chi connectivity index (χ3n) is 3.14. The number of hydrogen-bond acceptors (Lipinski definition) is 4. The lowest BCUT2D eigenvalue weighted by Gasteiger charge is -2.15. The minimum absolute atomic E-state index is 0.0636. The predicted octanol–water partition coefficient (Wildman–Crippen LogP) is 2.93. The molecule has 1 aromatic heterocycles. The topological polar surface area (TPSA) is 64.0 Å². The van der Waals surface area contributed by atoms with Crippen LogP contribution in [0.4, 0.5) is 0 Å². The fourth-order valence-corrected chi connectivity index (χ4v) is 3.21. The Morgan fingerprint density at radius 1 is 1.43 bits per heavy atom. The molecule has 0 unspecified atom stereocenters. The van der Waals surface area contributed by atoms with E-state index >= 15 is 0 Å². The molecule has 0 atom stereocenters. The van der Waals surface area contributed by atoms with Gasteiger partial charge >= 0.3 is 0 Å². The third-order valence-corrected chi connectivity index (χ3v) is 4.35. The molecule has 124 valence electrons. The monoisotopic (exact) mass is 353 g/mol. The van der Waals surface area contributed by atoms with E-state index in [0.717, 1.165) is 0 Å². The minimum atomic E-state index is -0.0757. The molecule has 0 aliphatic heterocycles. The van der Waals surface area contributed by atoms with Gasteiger partial charge in [0.25, 0.3) is 5.56 Å². The quantitative estimate of drug-likeness (QED) is 0.492. The zero-order valence-corrected chi connectivity index (χ0v) is 15.0. The van der Waals surface area contributed by atoms with Crippen molar-refractivity contribution in [1.29, 1.82) is 0 Å². The highest BCUT2D eigenvalue weighted by atomic mass is 35.5. The number of nitrogens with zero attached hydrogens (tertiary/aromatic N) is 2. The molecule has 2 rings (SSSR count). The molecule has 7 heteroatoms. The van der Waals surface area contributed by atoms with E-state index in [4.69, 9.17) is 11.6 Å². The van der Waals surface area contributed by atoms with Gasteiger partial charge in [-0.2, -0.15) is 0 Å². The largest absolute Gasteiger partial charge is 0.356 e. The fraction of sp³-hybridized carbons (Fsp3) is 0.438. The van der Waals surface area contributed by atoms with Crippen molar-refractivity contribution in [3.63, 3.8) is 0 Å². The van der Waals surface area contributed by atoms with Gasteiger partial charge in [-0.25, -0.2) is 4.98 Å².